The average molecular weight is 349 g/mol. The van der Waals surface area contributed by atoms with E-state index in [1.54, 1.807) is 14.1 Å². The lowest BCUT2D eigenvalue weighted by molar-refractivity contribution is -0.117. The van der Waals surface area contributed by atoms with E-state index < -0.39 is 27.8 Å². The number of halogens is 2. The summed E-state index contributed by atoms with van der Waals surface area (Å²) in [4.78, 5) is 26.4. The molecular formula is C13H14ClFN2O4S. The van der Waals surface area contributed by atoms with Crippen molar-refractivity contribution >= 4 is 39.3 Å². The van der Waals surface area contributed by atoms with Gasteiger partial charge in [-0.05, 0) is 18.2 Å². The van der Waals surface area contributed by atoms with Gasteiger partial charge in [0.05, 0.1) is 10.6 Å². The first-order valence-corrected chi connectivity index (χ1v) is 8.18. The smallest absolute Gasteiger partial charge is 0.307 e. The van der Waals surface area contributed by atoms with Crippen LogP contribution in [0.1, 0.15) is 16.8 Å². The molecule has 1 saturated heterocycles. The third-order valence-electron chi connectivity index (χ3n) is 3.39. The number of anilines is 1. The van der Waals surface area contributed by atoms with Crippen LogP contribution in [0.25, 0.3) is 0 Å². The Morgan fingerprint density at radius 3 is 2.55 bits per heavy atom. The number of amides is 2. The summed E-state index contributed by atoms with van der Waals surface area (Å²) in [7, 11) is -1.68. The Morgan fingerprint density at radius 2 is 2.05 bits per heavy atom. The van der Waals surface area contributed by atoms with Crippen LogP contribution in [0, 0.1) is 0 Å². The molecule has 0 spiro atoms. The summed E-state index contributed by atoms with van der Waals surface area (Å²) in [6, 6.07) is 4.33. The molecule has 120 valence electrons. The van der Waals surface area contributed by atoms with Gasteiger partial charge in [0.1, 0.15) is 5.25 Å². The Kier molecular flexibility index (Phi) is 4.44. The number of benzene rings is 1. The van der Waals surface area contributed by atoms with Crippen molar-refractivity contribution in [3.63, 3.8) is 0 Å². The molecule has 1 heterocycles. The van der Waals surface area contributed by atoms with Crippen molar-refractivity contribution in [3.05, 3.63) is 28.8 Å². The van der Waals surface area contributed by atoms with Crippen molar-refractivity contribution in [2.75, 3.05) is 25.5 Å². The Morgan fingerprint density at radius 1 is 1.41 bits per heavy atom. The zero-order chi connectivity index (χ0) is 16.7. The van der Waals surface area contributed by atoms with Crippen LogP contribution in [0.5, 0.6) is 0 Å². The first-order chi connectivity index (χ1) is 10.1. The van der Waals surface area contributed by atoms with Crippen LogP contribution in [-0.2, 0) is 15.0 Å². The summed E-state index contributed by atoms with van der Waals surface area (Å²) in [5.74, 6) is -0.870. The van der Waals surface area contributed by atoms with Crippen molar-refractivity contribution in [1.82, 2.24) is 4.90 Å². The molecule has 1 aliphatic rings. The topological polar surface area (TPSA) is 74.8 Å². The number of rotatable bonds is 3. The zero-order valence-corrected chi connectivity index (χ0v) is 13.5. The van der Waals surface area contributed by atoms with Gasteiger partial charge in [0.25, 0.3) is 5.91 Å². The van der Waals surface area contributed by atoms with E-state index in [0.29, 0.717) is 5.69 Å². The molecule has 2 amide bonds. The van der Waals surface area contributed by atoms with E-state index in [2.05, 4.69) is 0 Å². The molecule has 1 atom stereocenters. The molecule has 0 aromatic heterocycles. The molecule has 1 aromatic rings. The second-order valence-electron chi connectivity index (χ2n) is 5.17. The predicted octanol–water partition coefficient (Wildman–Crippen LogP) is 1.45. The quantitative estimate of drug-likeness (QED) is 0.775. The molecule has 1 aromatic carbocycles. The first kappa shape index (κ1) is 16.7. The summed E-state index contributed by atoms with van der Waals surface area (Å²) in [5.41, 5.74) is 0.495. The van der Waals surface area contributed by atoms with E-state index in [1.165, 1.54) is 23.1 Å². The zero-order valence-electron chi connectivity index (χ0n) is 11.9. The van der Waals surface area contributed by atoms with Gasteiger partial charge in [0, 0.05) is 32.7 Å². The highest BCUT2D eigenvalue weighted by Crippen LogP contribution is 2.29. The van der Waals surface area contributed by atoms with Gasteiger partial charge in [-0.2, -0.15) is 8.42 Å². The molecule has 1 unspecified atom stereocenters. The maximum Gasteiger partial charge on any atom is 0.307 e. The van der Waals surface area contributed by atoms with Gasteiger partial charge in [-0.15, -0.1) is 3.89 Å². The number of hydrogen-bond acceptors (Lipinski definition) is 4. The van der Waals surface area contributed by atoms with E-state index in [0.717, 1.165) is 4.90 Å². The van der Waals surface area contributed by atoms with Gasteiger partial charge in [0.2, 0.25) is 5.91 Å². The fourth-order valence-corrected chi connectivity index (χ4v) is 3.07. The first-order valence-electron chi connectivity index (χ1n) is 6.36. The predicted molar refractivity (Wildman–Crippen MR) is 80.3 cm³/mol. The molecule has 0 aliphatic carbocycles. The highest BCUT2D eigenvalue weighted by molar-refractivity contribution is 7.87. The monoisotopic (exact) mass is 348 g/mol. The van der Waals surface area contributed by atoms with E-state index >= 15 is 0 Å². The van der Waals surface area contributed by atoms with Gasteiger partial charge >= 0.3 is 10.2 Å². The molecule has 1 fully saturated rings. The summed E-state index contributed by atoms with van der Waals surface area (Å²) in [6.07, 6.45) is -0.418. The van der Waals surface area contributed by atoms with Crippen LogP contribution < -0.4 is 4.90 Å². The standard InChI is InChI=1S/C13H14ClFN2O4S/c1-16(2)13(19)10-5-8(3-4-11(10)14)17-7-9(6-12(17)18)22(15,20)21/h3-5,9H,6-7H2,1-2H3. The molecule has 22 heavy (non-hydrogen) atoms. The Hall–Kier alpha value is -1.67. The number of carbonyl (C=O) groups excluding carboxylic acids is 2. The van der Waals surface area contributed by atoms with E-state index in [9.17, 15) is 21.9 Å². The number of carbonyl (C=O) groups is 2. The lowest BCUT2D eigenvalue weighted by Gasteiger charge is -2.18. The molecule has 2 rings (SSSR count). The van der Waals surface area contributed by atoms with Crippen LogP contribution >= 0.6 is 11.6 Å². The molecular weight excluding hydrogens is 335 g/mol. The minimum Gasteiger partial charge on any atom is -0.345 e. The van der Waals surface area contributed by atoms with Crippen molar-refractivity contribution < 1.29 is 21.9 Å². The lowest BCUT2D eigenvalue weighted by Crippen LogP contribution is -2.28. The van der Waals surface area contributed by atoms with Crippen LogP contribution in [-0.4, -0.2) is 51.0 Å². The third-order valence-corrected chi connectivity index (χ3v) is 4.83. The van der Waals surface area contributed by atoms with Crippen molar-refractivity contribution in [2.45, 2.75) is 11.7 Å². The van der Waals surface area contributed by atoms with Gasteiger partial charge in [-0.3, -0.25) is 9.59 Å². The maximum absolute atomic E-state index is 13.0. The number of nitrogens with zero attached hydrogens (tertiary/aromatic N) is 2. The minimum absolute atomic E-state index is 0.184. The fourth-order valence-electron chi connectivity index (χ4n) is 2.20. The molecule has 0 N–H and O–H groups in total. The normalized spacial score (nSPS) is 18.6. The Balaban J connectivity index is 2.36. The van der Waals surface area contributed by atoms with Crippen LogP contribution in [0.2, 0.25) is 5.02 Å². The van der Waals surface area contributed by atoms with Crippen molar-refractivity contribution in [2.24, 2.45) is 0 Å². The Labute approximate surface area is 132 Å². The second-order valence-corrected chi connectivity index (χ2v) is 7.19. The molecule has 0 saturated carbocycles. The molecule has 0 radical (unpaired) electrons. The summed E-state index contributed by atoms with van der Waals surface area (Å²) in [5, 5.41) is -1.17. The van der Waals surface area contributed by atoms with Crippen LogP contribution in [0.4, 0.5) is 9.57 Å². The van der Waals surface area contributed by atoms with Gasteiger partial charge < -0.3 is 9.80 Å². The van der Waals surface area contributed by atoms with Gasteiger partial charge in [0.15, 0.2) is 0 Å². The van der Waals surface area contributed by atoms with E-state index in [1.807, 2.05) is 0 Å². The molecule has 6 nitrogen and oxygen atoms in total. The van der Waals surface area contributed by atoms with Gasteiger partial charge in [-0.1, -0.05) is 11.6 Å². The maximum atomic E-state index is 13.0. The van der Waals surface area contributed by atoms with Crippen LogP contribution in [0.15, 0.2) is 18.2 Å². The van der Waals surface area contributed by atoms with Gasteiger partial charge in [-0.25, -0.2) is 0 Å². The Bertz CT molecular complexity index is 736. The summed E-state index contributed by atoms with van der Waals surface area (Å²) in [6.45, 7) is -0.283. The fraction of sp³-hybridized carbons (Fsp3) is 0.385. The highest BCUT2D eigenvalue weighted by atomic mass is 35.5. The molecule has 1 aliphatic heterocycles. The minimum atomic E-state index is -4.79. The summed E-state index contributed by atoms with van der Waals surface area (Å²) < 4.78 is 34.9. The average Bonchev–Trinajstić information content (AvgIpc) is 2.80. The number of hydrogen-bond donors (Lipinski definition) is 0. The highest BCUT2D eigenvalue weighted by Gasteiger charge is 2.39. The van der Waals surface area contributed by atoms with Crippen molar-refractivity contribution in [1.29, 1.82) is 0 Å². The van der Waals surface area contributed by atoms with E-state index in [4.69, 9.17) is 11.6 Å². The lowest BCUT2D eigenvalue weighted by atomic mass is 10.1. The largest absolute Gasteiger partial charge is 0.345 e. The second kappa shape index (κ2) is 5.85. The third kappa shape index (κ3) is 3.22. The SMILES string of the molecule is CN(C)C(=O)c1cc(N2CC(S(=O)(=O)F)CC2=O)ccc1Cl. The van der Waals surface area contributed by atoms with Crippen molar-refractivity contribution in [3.8, 4) is 0 Å². The van der Waals surface area contributed by atoms with Crippen LogP contribution in [0.3, 0.4) is 0 Å². The molecule has 0 bridgehead atoms. The molecule has 9 heteroatoms. The summed E-state index contributed by atoms with van der Waals surface area (Å²) >= 11 is 5.97. The van der Waals surface area contributed by atoms with E-state index in [-0.39, 0.29) is 23.0 Å².